The largest absolute Gasteiger partial charge is 0.497 e. The lowest BCUT2D eigenvalue weighted by Gasteiger charge is -2.28. The minimum Gasteiger partial charge on any atom is -0.497 e. The van der Waals surface area contributed by atoms with E-state index in [0.717, 1.165) is 34.2 Å². The zero-order chi connectivity index (χ0) is 16.2. The minimum absolute atomic E-state index is 0.269. The molecule has 22 heavy (non-hydrogen) atoms. The molecule has 124 valence electrons. The number of aryl methyl sites for hydroxylation is 1. The lowest BCUT2D eigenvalue weighted by atomic mass is 9.91. The number of hydrogen-bond acceptors (Lipinski definition) is 4. The first kappa shape index (κ1) is 17.0. The van der Waals surface area contributed by atoms with Crippen molar-refractivity contribution in [3.8, 4) is 11.5 Å². The summed E-state index contributed by atoms with van der Waals surface area (Å²) in [6.07, 6.45) is 3.20. The van der Waals surface area contributed by atoms with Crippen LogP contribution in [0.1, 0.15) is 24.8 Å². The summed E-state index contributed by atoms with van der Waals surface area (Å²) in [4.78, 5) is 0. The van der Waals surface area contributed by atoms with E-state index in [-0.39, 0.29) is 13.1 Å². The van der Waals surface area contributed by atoms with E-state index in [1.54, 1.807) is 14.2 Å². The van der Waals surface area contributed by atoms with Gasteiger partial charge in [0, 0.05) is 19.2 Å². The van der Waals surface area contributed by atoms with Crippen LogP contribution in [0.2, 0.25) is 0 Å². The molecular formula is C15H22FNO4S. The van der Waals surface area contributed by atoms with Gasteiger partial charge in [0.2, 0.25) is 0 Å². The number of methoxy groups -OCH3 is 2. The van der Waals surface area contributed by atoms with Crippen molar-refractivity contribution < 1.29 is 21.8 Å². The molecule has 0 amide bonds. The molecule has 7 heteroatoms. The van der Waals surface area contributed by atoms with Crippen LogP contribution in [0.3, 0.4) is 0 Å². The molecule has 1 aliphatic heterocycles. The SMILES string of the molecule is COc1cc(CCC2CCN(S(=O)(=O)F)CC2)cc(OC)c1. The molecular weight excluding hydrogens is 309 g/mol. The Balaban J connectivity index is 1.89. The van der Waals surface area contributed by atoms with Crippen LogP contribution in [0.25, 0.3) is 0 Å². The maximum Gasteiger partial charge on any atom is 0.374 e. The van der Waals surface area contributed by atoms with Crippen LogP contribution < -0.4 is 9.47 Å². The summed E-state index contributed by atoms with van der Waals surface area (Å²) in [6, 6.07) is 5.78. The third kappa shape index (κ3) is 4.58. The van der Waals surface area contributed by atoms with E-state index in [4.69, 9.17) is 9.47 Å². The molecule has 1 heterocycles. The Morgan fingerprint density at radius 3 is 2.14 bits per heavy atom. The molecule has 1 fully saturated rings. The van der Waals surface area contributed by atoms with Crippen molar-refractivity contribution in [2.75, 3.05) is 27.3 Å². The first-order chi connectivity index (χ1) is 10.4. The van der Waals surface area contributed by atoms with Crippen LogP contribution in [0.5, 0.6) is 11.5 Å². The second-order valence-electron chi connectivity index (χ2n) is 5.54. The highest BCUT2D eigenvalue weighted by atomic mass is 32.3. The summed E-state index contributed by atoms with van der Waals surface area (Å²) < 4.78 is 46.0. The smallest absolute Gasteiger partial charge is 0.374 e. The second-order valence-corrected chi connectivity index (χ2v) is 6.88. The van der Waals surface area contributed by atoms with Crippen LogP contribution in [-0.4, -0.2) is 40.0 Å². The normalized spacial score (nSPS) is 17.4. The Morgan fingerprint density at radius 1 is 1.14 bits per heavy atom. The second kappa shape index (κ2) is 7.28. The molecule has 0 radical (unpaired) electrons. The lowest BCUT2D eigenvalue weighted by Crippen LogP contribution is -2.36. The van der Waals surface area contributed by atoms with Gasteiger partial charge in [0.15, 0.2) is 0 Å². The molecule has 0 atom stereocenters. The highest BCUT2D eigenvalue weighted by molar-refractivity contribution is 7.83. The maximum absolute atomic E-state index is 12.9. The van der Waals surface area contributed by atoms with E-state index in [9.17, 15) is 12.3 Å². The molecule has 1 aromatic carbocycles. The minimum atomic E-state index is -4.53. The van der Waals surface area contributed by atoms with E-state index in [0.29, 0.717) is 18.8 Å². The third-order valence-corrected chi connectivity index (χ3v) is 5.12. The molecule has 1 aromatic rings. The molecule has 0 unspecified atom stereocenters. The van der Waals surface area contributed by atoms with E-state index in [2.05, 4.69) is 0 Å². The van der Waals surface area contributed by atoms with Crippen molar-refractivity contribution in [2.24, 2.45) is 5.92 Å². The van der Waals surface area contributed by atoms with Crippen molar-refractivity contribution in [3.05, 3.63) is 23.8 Å². The molecule has 0 saturated carbocycles. The summed E-state index contributed by atoms with van der Waals surface area (Å²) in [6.45, 7) is 0.538. The van der Waals surface area contributed by atoms with E-state index >= 15 is 0 Å². The van der Waals surface area contributed by atoms with Gasteiger partial charge in [0.25, 0.3) is 0 Å². The zero-order valence-corrected chi connectivity index (χ0v) is 13.7. The van der Waals surface area contributed by atoms with Gasteiger partial charge in [0.05, 0.1) is 14.2 Å². The Labute approximate surface area is 131 Å². The van der Waals surface area contributed by atoms with E-state index < -0.39 is 10.4 Å². The molecule has 0 spiro atoms. The summed E-state index contributed by atoms with van der Waals surface area (Å²) in [7, 11) is -1.30. The van der Waals surface area contributed by atoms with Crippen LogP contribution in [0.4, 0.5) is 3.89 Å². The lowest BCUT2D eigenvalue weighted by molar-refractivity contribution is 0.255. The van der Waals surface area contributed by atoms with Crippen molar-refractivity contribution in [1.29, 1.82) is 0 Å². The third-order valence-electron chi connectivity index (χ3n) is 4.13. The van der Waals surface area contributed by atoms with Gasteiger partial charge >= 0.3 is 10.4 Å². The quantitative estimate of drug-likeness (QED) is 0.752. The molecule has 1 aliphatic rings. The Bertz CT molecular complexity index is 575. The van der Waals surface area contributed by atoms with Crippen molar-refractivity contribution in [2.45, 2.75) is 25.7 Å². The van der Waals surface area contributed by atoms with Crippen LogP contribution in [-0.2, 0) is 16.8 Å². The standard InChI is InChI=1S/C15H22FNO4S/c1-20-14-9-13(10-15(11-14)21-2)4-3-12-5-7-17(8-6-12)22(16,18)19/h9-12H,3-8H2,1-2H3. The van der Waals surface area contributed by atoms with E-state index in [1.165, 1.54) is 0 Å². The first-order valence-corrected chi connectivity index (χ1v) is 8.68. The van der Waals surface area contributed by atoms with Gasteiger partial charge in [0.1, 0.15) is 11.5 Å². The fraction of sp³-hybridized carbons (Fsp3) is 0.600. The molecule has 0 N–H and O–H groups in total. The van der Waals surface area contributed by atoms with E-state index in [1.807, 2.05) is 18.2 Å². The van der Waals surface area contributed by atoms with Gasteiger partial charge in [-0.15, -0.1) is 0 Å². The van der Waals surface area contributed by atoms with Crippen LogP contribution in [0.15, 0.2) is 18.2 Å². The van der Waals surface area contributed by atoms with Crippen LogP contribution >= 0.6 is 0 Å². The first-order valence-electron chi connectivity index (χ1n) is 7.34. The number of benzene rings is 1. The predicted molar refractivity (Wildman–Crippen MR) is 82.2 cm³/mol. The van der Waals surface area contributed by atoms with Gasteiger partial charge in [-0.3, -0.25) is 0 Å². The number of rotatable bonds is 6. The highest BCUT2D eigenvalue weighted by Gasteiger charge is 2.27. The van der Waals surface area contributed by atoms with Gasteiger partial charge in [-0.1, -0.05) is 3.89 Å². The highest BCUT2D eigenvalue weighted by Crippen LogP contribution is 2.27. The Hall–Kier alpha value is -1.34. The number of hydrogen-bond donors (Lipinski definition) is 0. The zero-order valence-electron chi connectivity index (χ0n) is 12.9. The van der Waals surface area contributed by atoms with Crippen molar-refractivity contribution >= 4 is 10.4 Å². The Morgan fingerprint density at radius 2 is 1.68 bits per heavy atom. The van der Waals surface area contributed by atoms with Crippen LogP contribution in [0, 0.1) is 5.92 Å². The molecule has 5 nitrogen and oxygen atoms in total. The number of piperidine rings is 1. The van der Waals surface area contributed by atoms with Gasteiger partial charge < -0.3 is 9.47 Å². The van der Waals surface area contributed by atoms with Crippen molar-refractivity contribution in [1.82, 2.24) is 4.31 Å². The molecule has 2 rings (SSSR count). The topological polar surface area (TPSA) is 55.8 Å². The number of nitrogens with zero attached hydrogens (tertiary/aromatic N) is 1. The molecule has 0 bridgehead atoms. The van der Waals surface area contributed by atoms with Gasteiger partial charge in [-0.2, -0.15) is 12.7 Å². The summed E-state index contributed by atoms with van der Waals surface area (Å²) in [5.41, 5.74) is 1.12. The molecule has 0 aliphatic carbocycles. The molecule has 1 saturated heterocycles. The summed E-state index contributed by atoms with van der Waals surface area (Å²) >= 11 is 0. The average Bonchev–Trinajstić information content (AvgIpc) is 2.52. The summed E-state index contributed by atoms with van der Waals surface area (Å²) in [5.74, 6) is 1.93. The Kier molecular flexibility index (Phi) is 5.63. The van der Waals surface area contributed by atoms with Crippen molar-refractivity contribution in [3.63, 3.8) is 0 Å². The fourth-order valence-corrected chi connectivity index (χ4v) is 3.44. The maximum atomic E-state index is 12.9. The fourth-order valence-electron chi connectivity index (χ4n) is 2.80. The average molecular weight is 331 g/mol. The van der Waals surface area contributed by atoms with Gasteiger partial charge in [-0.25, -0.2) is 0 Å². The number of halogens is 1. The number of ether oxygens (including phenoxy) is 2. The van der Waals surface area contributed by atoms with Gasteiger partial charge in [-0.05, 0) is 49.3 Å². The molecule has 0 aromatic heterocycles. The monoisotopic (exact) mass is 331 g/mol. The predicted octanol–water partition coefficient (Wildman–Crippen LogP) is 2.56. The summed E-state index contributed by atoms with van der Waals surface area (Å²) in [5, 5.41) is 0.